The van der Waals surface area contributed by atoms with Crippen molar-refractivity contribution in [3.63, 3.8) is 0 Å². The van der Waals surface area contributed by atoms with Crippen molar-refractivity contribution >= 4 is 29.9 Å². The maximum absolute atomic E-state index is 9.23. The Bertz CT molecular complexity index is 410. The van der Waals surface area contributed by atoms with Gasteiger partial charge in [0.05, 0.1) is 6.61 Å². The van der Waals surface area contributed by atoms with Gasteiger partial charge in [0.15, 0.2) is 5.96 Å². The molecule has 0 aliphatic heterocycles. The second-order valence-electron chi connectivity index (χ2n) is 4.65. The summed E-state index contributed by atoms with van der Waals surface area (Å²) in [4.78, 5) is 4.53. The van der Waals surface area contributed by atoms with Gasteiger partial charge in [-0.05, 0) is 44.4 Å². The number of nitrogens with zero attached hydrogens (tertiary/aromatic N) is 1. The minimum atomic E-state index is 0. The summed E-state index contributed by atoms with van der Waals surface area (Å²) in [7, 11) is 0. The molecule has 126 valence electrons. The van der Waals surface area contributed by atoms with Crippen LogP contribution < -0.4 is 10.6 Å². The number of guanidine groups is 1. The Labute approximate surface area is 150 Å². The van der Waals surface area contributed by atoms with Gasteiger partial charge in [-0.3, -0.25) is 4.99 Å². The number of nitrogens with one attached hydrogen (secondary N) is 2. The zero-order valence-corrected chi connectivity index (χ0v) is 15.8. The summed E-state index contributed by atoms with van der Waals surface area (Å²) in [6.07, 6.45) is 1.94. The molecular weight excluding hydrogens is 393 g/mol. The monoisotopic (exact) mass is 421 g/mol. The zero-order valence-electron chi connectivity index (χ0n) is 13.5. The molecular formula is C16H28IN3O2. The lowest BCUT2D eigenvalue weighted by molar-refractivity contribution is 0.152. The van der Waals surface area contributed by atoms with E-state index in [-0.39, 0.29) is 24.0 Å². The lowest BCUT2D eigenvalue weighted by Gasteiger charge is -2.11. The van der Waals surface area contributed by atoms with Gasteiger partial charge < -0.3 is 20.5 Å². The summed E-state index contributed by atoms with van der Waals surface area (Å²) in [5, 5.41) is 15.7. The Balaban J connectivity index is 0.00000441. The Hall–Kier alpha value is -1.02. The Morgan fingerprint density at radius 1 is 1.18 bits per heavy atom. The Morgan fingerprint density at radius 3 is 2.55 bits per heavy atom. The number of rotatable bonds is 9. The fraction of sp³-hybridized carbons (Fsp3) is 0.562. The van der Waals surface area contributed by atoms with Gasteiger partial charge in [0.2, 0.25) is 0 Å². The number of benzene rings is 1. The summed E-state index contributed by atoms with van der Waals surface area (Å²) in [6, 6.07) is 7.34. The van der Waals surface area contributed by atoms with Crippen LogP contribution in [0.15, 0.2) is 29.3 Å². The van der Waals surface area contributed by atoms with E-state index in [1.807, 2.05) is 19.1 Å². The zero-order chi connectivity index (χ0) is 15.3. The SMILES string of the molecule is CCNC(=NCCCc1ccc(O)cc1)NCCOCC.I. The molecule has 0 amide bonds. The molecule has 5 nitrogen and oxygen atoms in total. The first kappa shape index (κ1) is 21.0. The standard InChI is InChI=1S/C16H27N3O2.HI/c1-3-17-16(19-12-13-21-4-2)18-11-5-6-14-7-9-15(20)10-8-14;/h7-10,20H,3-6,11-13H2,1-2H3,(H2,17,18,19);1H. The largest absolute Gasteiger partial charge is 0.508 e. The third-order valence-electron chi connectivity index (χ3n) is 2.92. The van der Waals surface area contributed by atoms with Crippen molar-refractivity contribution in [2.75, 3.05) is 32.8 Å². The quantitative estimate of drug-likeness (QED) is 0.248. The third kappa shape index (κ3) is 9.83. The Kier molecular flexibility index (Phi) is 13.0. The molecule has 0 bridgehead atoms. The van der Waals surface area contributed by atoms with Crippen LogP contribution in [0.2, 0.25) is 0 Å². The molecule has 0 unspecified atom stereocenters. The summed E-state index contributed by atoms with van der Waals surface area (Å²) < 4.78 is 5.29. The fourth-order valence-electron chi connectivity index (χ4n) is 1.86. The van der Waals surface area contributed by atoms with Crippen LogP contribution in [-0.2, 0) is 11.2 Å². The van der Waals surface area contributed by atoms with Crippen LogP contribution in [0.25, 0.3) is 0 Å². The molecule has 1 rings (SSSR count). The Morgan fingerprint density at radius 2 is 1.91 bits per heavy atom. The van der Waals surface area contributed by atoms with E-state index in [4.69, 9.17) is 4.74 Å². The van der Waals surface area contributed by atoms with Crippen molar-refractivity contribution in [1.82, 2.24) is 10.6 Å². The van der Waals surface area contributed by atoms with Gasteiger partial charge in [0.1, 0.15) is 5.75 Å². The maximum Gasteiger partial charge on any atom is 0.191 e. The summed E-state index contributed by atoms with van der Waals surface area (Å²) in [6.45, 7) is 7.84. The second-order valence-corrected chi connectivity index (χ2v) is 4.65. The average molecular weight is 421 g/mol. The molecule has 0 aliphatic rings. The molecule has 0 spiro atoms. The van der Waals surface area contributed by atoms with Crippen molar-refractivity contribution in [2.45, 2.75) is 26.7 Å². The first-order valence-corrected chi connectivity index (χ1v) is 7.64. The van der Waals surface area contributed by atoms with E-state index < -0.39 is 0 Å². The number of aromatic hydroxyl groups is 1. The molecule has 6 heteroatoms. The highest BCUT2D eigenvalue weighted by atomic mass is 127. The average Bonchev–Trinajstić information content (AvgIpc) is 2.49. The van der Waals surface area contributed by atoms with Gasteiger partial charge in [-0.15, -0.1) is 24.0 Å². The molecule has 0 fully saturated rings. The van der Waals surface area contributed by atoms with Gasteiger partial charge in [-0.25, -0.2) is 0 Å². The van der Waals surface area contributed by atoms with Gasteiger partial charge in [-0.1, -0.05) is 12.1 Å². The minimum absolute atomic E-state index is 0. The number of aryl methyl sites for hydroxylation is 1. The van der Waals surface area contributed by atoms with Crippen LogP contribution in [0.4, 0.5) is 0 Å². The summed E-state index contributed by atoms with van der Waals surface area (Å²) in [5.41, 5.74) is 1.22. The molecule has 0 aromatic heterocycles. The van der Waals surface area contributed by atoms with E-state index in [9.17, 15) is 5.11 Å². The molecule has 22 heavy (non-hydrogen) atoms. The van der Waals surface area contributed by atoms with Crippen LogP contribution in [0.3, 0.4) is 0 Å². The highest BCUT2D eigenvalue weighted by Gasteiger charge is 1.97. The van der Waals surface area contributed by atoms with Crippen LogP contribution >= 0.6 is 24.0 Å². The number of ether oxygens (including phenoxy) is 1. The molecule has 0 saturated heterocycles. The number of phenols is 1. The molecule has 0 saturated carbocycles. The van der Waals surface area contributed by atoms with E-state index in [1.165, 1.54) is 5.56 Å². The lowest BCUT2D eigenvalue weighted by atomic mass is 10.1. The number of hydrogen-bond donors (Lipinski definition) is 3. The lowest BCUT2D eigenvalue weighted by Crippen LogP contribution is -2.39. The van der Waals surface area contributed by atoms with Crippen LogP contribution in [0, 0.1) is 0 Å². The minimum Gasteiger partial charge on any atom is -0.508 e. The second kappa shape index (κ2) is 13.6. The highest BCUT2D eigenvalue weighted by molar-refractivity contribution is 14.0. The molecule has 3 N–H and O–H groups in total. The predicted octanol–water partition coefficient (Wildman–Crippen LogP) is 2.53. The van der Waals surface area contributed by atoms with E-state index in [0.717, 1.165) is 45.0 Å². The topological polar surface area (TPSA) is 65.9 Å². The number of halogens is 1. The smallest absolute Gasteiger partial charge is 0.191 e. The van der Waals surface area contributed by atoms with Gasteiger partial charge in [-0.2, -0.15) is 0 Å². The fourth-order valence-corrected chi connectivity index (χ4v) is 1.86. The van der Waals surface area contributed by atoms with Gasteiger partial charge in [0.25, 0.3) is 0 Å². The molecule has 0 heterocycles. The number of phenolic OH excluding ortho intramolecular Hbond substituents is 1. The highest BCUT2D eigenvalue weighted by Crippen LogP contribution is 2.10. The molecule has 0 radical (unpaired) electrons. The summed E-state index contributed by atoms with van der Waals surface area (Å²) >= 11 is 0. The van der Waals surface area contributed by atoms with Crippen molar-refractivity contribution < 1.29 is 9.84 Å². The normalized spacial score (nSPS) is 10.9. The van der Waals surface area contributed by atoms with Crippen molar-refractivity contribution in [3.05, 3.63) is 29.8 Å². The summed E-state index contributed by atoms with van der Waals surface area (Å²) in [5.74, 6) is 1.15. The van der Waals surface area contributed by atoms with E-state index in [2.05, 4.69) is 22.5 Å². The van der Waals surface area contributed by atoms with Gasteiger partial charge in [0, 0.05) is 26.2 Å². The van der Waals surface area contributed by atoms with E-state index in [0.29, 0.717) is 12.4 Å². The third-order valence-corrected chi connectivity index (χ3v) is 2.92. The van der Waals surface area contributed by atoms with Crippen molar-refractivity contribution in [1.29, 1.82) is 0 Å². The van der Waals surface area contributed by atoms with Crippen molar-refractivity contribution in [3.8, 4) is 5.75 Å². The van der Waals surface area contributed by atoms with E-state index in [1.54, 1.807) is 12.1 Å². The molecule has 1 aromatic carbocycles. The predicted molar refractivity (Wildman–Crippen MR) is 102 cm³/mol. The number of aliphatic imine (C=N–C) groups is 1. The number of hydrogen-bond acceptors (Lipinski definition) is 3. The van der Waals surface area contributed by atoms with Crippen LogP contribution in [0.1, 0.15) is 25.8 Å². The van der Waals surface area contributed by atoms with E-state index >= 15 is 0 Å². The molecule has 1 aromatic rings. The van der Waals surface area contributed by atoms with Gasteiger partial charge >= 0.3 is 0 Å². The first-order valence-electron chi connectivity index (χ1n) is 7.64. The van der Waals surface area contributed by atoms with Crippen molar-refractivity contribution in [2.24, 2.45) is 4.99 Å². The molecule has 0 aliphatic carbocycles. The van der Waals surface area contributed by atoms with Crippen LogP contribution in [0.5, 0.6) is 5.75 Å². The maximum atomic E-state index is 9.23. The van der Waals surface area contributed by atoms with Crippen LogP contribution in [-0.4, -0.2) is 43.9 Å². The molecule has 0 atom stereocenters. The first-order chi connectivity index (χ1) is 10.3.